The molecule has 2 rings (SSSR count). The maximum atomic E-state index is 5.11. The lowest BCUT2D eigenvalue weighted by Gasteiger charge is -2.29. The van der Waals surface area contributed by atoms with Crippen LogP contribution in [0.5, 0.6) is 0 Å². The Kier molecular flexibility index (Phi) is 3.90. The van der Waals surface area contributed by atoms with Gasteiger partial charge >= 0.3 is 0 Å². The van der Waals surface area contributed by atoms with Gasteiger partial charge in [-0.3, -0.25) is 0 Å². The van der Waals surface area contributed by atoms with Crippen LogP contribution in [0.25, 0.3) is 0 Å². The summed E-state index contributed by atoms with van der Waals surface area (Å²) in [7, 11) is 1.63. The normalized spacial score (nSPS) is 19.1. The number of nitrogens with zero attached hydrogens (tertiary/aromatic N) is 3. The average Bonchev–Trinajstić information content (AvgIpc) is 2.78. The lowest BCUT2D eigenvalue weighted by molar-refractivity contribution is 0.151. The van der Waals surface area contributed by atoms with E-state index in [2.05, 4.69) is 22.0 Å². The molecule has 1 saturated heterocycles. The van der Waals surface area contributed by atoms with Gasteiger partial charge in [-0.15, -0.1) is 0 Å². The largest absolute Gasteiger partial charge is 0.375 e. The monoisotopic (exact) mass is 225 g/mol. The molecule has 0 atom stereocenters. The highest BCUT2D eigenvalue weighted by Gasteiger charge is 2.23. The van der Waals surface area contributed by atoms with Crippen molar-refractivity contribution in [2.75, 3.05) is 26.7 Å². The van der Waals surface area contributed by atoms with E-state index in [1.165, 1.54) is 0 Å². The van der Waals surface area contributed by atoms with E-state index in [9.17, 15) is 0 Å². The Bertz CT molecular complexity index is 319. The second-order valence-corrected chi connectivity index (χ2v) is 4.19. The van der Waals surface area contributed by atoms with Crippen molar-refractivity contribution < 1.29 is 9.26 Å². The Morgan fingerprint density at radius 3 is 2.81 bits per heavy atom. The van der Waals surface area contributed by atoms with Gasteiger partial charge in [0.25, 0.3) is 5.89 Å². The fraction of sp³-hybridized carbons (Fsp3) is 0.818. The summed E-state index contributed by atoms with van der Waals surface area (Å²) in [5.41, 5.74) is 0. The van der Waals surface area contributed by atoms with Crippen LogP contribution in [0, 0.1) is 0 Å². The predicted molar refractivity (Wildman–Crippen MR) is 59.1 cm³/mol. The van der Waals surface area contributed by atoms with Crippen molar-refractivity contribution in [2.24, 2.45) is 0 Å². The topological polar surface area (TPSA) is 51.4 Å². The molecule has 90 valence electrons. The maximum Gasteiger partial charge on any atom is 0.252 e. The molecule has 0 bridgehead atoms. The zero-order valence-corrected chi connectivity index (χ0v) is 9.98. The molecule has 0 radical (unpaired) electrons. The first kappa shape index (κ1) is 11.5. The Labute approximate surface area is 95.8 Å². The molecule has 16 heavy (non-hydrogen) atoms. The van der Waals surface area contributed by atoms with Crippen molar-refractivity contribution in [3.8, 4) is 0 Å². The van der Waals surface area contributed by atoms with Crippen LogP contribution >= 0.6 is 0 Å². The Morgan fingerprint density at radius 2 is 2.19 bits per heavy atom. The molecule has 0 aromatic carbocycles. The summed E-state index contributed by atoms with van der Waals surface area (Å²) in [5.74, 6) is 1.88. The van der Waals surface area contributed by atoms with Crippen LogP contribution in [-0.2, 0) is 11.3 Å². The first-order valence-corrected chi connectivity index (χ1v) is 5.87. The molecule has 0 saturated carbocycles. The lowest BCUT2D eigenvalue weighted by atomic mass is 9.96. The van der Waals surface area contributed by atoms with Crippen molar-refractivity contribution in [1.29, 1.82) is 0 Å². The smallest absolute Gasteiger partial charge is 0.252 e. The van der Waals surface area contributed by atoms with E-state index in [1.807, 2.05) is 0 Å². The van der Waals surface area contributed by atoms with Crippen LogP contribution in [0.15, 0.2) is 4.52 Å². The summed E-state index contributed by atoms with van der Waals surface area (Å²) in [6, 6.07) is 0. The number of piperidine rings is 1. The zero-order chi connectivity index (χ0) is 11.4. The Morgan fingerprint density at radius 1 is 1.44 bits per heavy atom. The van der Waals surface area contributed by atoms with E-state index in [0.717, 1.165) is 38.3 Å². The molecule has 1 aliphatic rings. The van der Waals surface area contributed by atoms with Crippen LogP contribution in [0.3, 0.4) is 0 Å². The van der Waals surface area contributed by atoms with Gasteiger partial charge in [0.2, 0.25) is 0 Å². The number of ether oxygens (including phenoxy) is 1. The Hall–Kier alpha value is -0.940. The number of likely N-dealkylation sites (tertiary alicyclic amines) is 1. The molecule has 0 amide bonds. The van der Waals surface area contributed by atoms with Crippen molar-refractivity contribution >= 4 is 0 Å². The third-order valence-corrected chi connectivity index (χ3v) is 3.15. The molecule has 1 aromatic heterocycles. The second kappa shape index (κ2) is 5.41. The number of methoxy groups -OCH3 is 1. The highest BCUT2D eigenvalue weighted by molar-refractivity contribution is 4.97. The molecule has 5 heteroatoms. The molecule has 0 spiro atoms. The third kappa shape index (κ3) is 2.59. The van der Waals surface area contributed by atoms with Crippen LogP contribution in [0.4, 0.5) is 0 Å². The zero-order valence-electron chi connectivity index (χ0n) is 9.98. The SMILES string of the molecule is CCN1CCC(c2noc(COC)n2)CC1. The van der Waals surface area contributed by atoms with Gasteiger partial charge in [-0.2, -0.15) is 4.98 Å². The van der Waals surface area contributed by atoms with Crippen LogP contribution in [0.2, 0.25) is 0 Å². The molecule has 2 heterocycles. The molecular weight excluding hydrogens is 206 g/mol. The minimum atomic E-state index is 0.404. The molecule has 0 unspecified atom stereocenters. The summed E-state index contributed by atoms with van der Waals surface area (Å²) in [5, 5.41) is 4.02. The summed E-state index contributed by atoms with van der Waals surface area (Å²) < 4.78 is 10.1. The van der Waals surface area contributed by atoms with Gasteiger partial charge < -0.3 is 14.2 Å². The summed E-state index contributed by atoms with van der Waals surface area (Å²) in [6.45, 7) is 6.00. The van der Waals surface area contributed by atoms with Gasteiger partial charge in [0, 0.05) is 13.0 Å². The minimum Gasteiger partial charge on any atom is -0.375 e. The van der Waals surface area contributed by atoms with E-state index in [0.29, 0.717) is 18.4 Å². The number of rotatable bonds is 4. The Balaban J connectivity index is 1.92. The maximum absolute atomic E-state index is 5.11. The minimum absolute atomic E-state index is 0.404. The van der Waals surface area contributed by atoms with Gasteiger partial charge in [-0.1, -0.05) is 12.1 Å². The van der Waals surface area contributed by atoms with Crippen LogP contribution in [-0.4, -0.2) is 41.8 Å². The highest BCUT2D eigenvalue weighted by atomic mass is 16.5. The fourth-order valence-electron chi connectivity index (χ4n) is 2.12. The van der Waals surface area contributed by atoms with Gasteiger partial charge in [0.05, 0.1) is 0 Å². The molecule has 1 aliphatic heterocycles. The second-order valence-electron chi connectivity index (χ2n) is 4.19. The number of hydrogen-bond donors (Lipinski definition) is 0. The lowest BCUT2D eigenvalue weighted by Crippen LogP contribution is -2.32. The van der Waals surface area contributed by atoms with Gasteiger partial charge in [-0.25, -0.2) is 0 Å². The van der Waals surface area contributed by atoms with Gasteiger partial charge in [0.15, 0.2) is 5.82 Å². The standard InChI is InChI=1S/C11H19N3O2/c1-3-14-6-4-9(5-7-14)11-12-10(8-15-2)16-13-11/h9H,3-8H2,1-2H3. The van der Waals surface area contributed by atoms with Crippen LogP contribution in [0.1, 0.15) is 37.4 Å². The van der Waals surface area contributed by atoms with Crippen LogP contribution < -0.4 is 0 Å². The van der Waals surface area contributed by atoms with E-state index < -0.39 is 0 Å². The summed E-state index contributed by atoms with van der Waals surface area (Å²) in [4.78, 5) is 6.80. The van der Waals surface area contributed by atoms with Crippen molar-refractivity contribution in [3.05, 3.63) is 11.7 Å². The molecule has 1 aromatic rings. The average molecular weight is 225 g/mol. The number of hydrogen-bond acceptors (Lipinski definition) is 5. The van der Waals surface area contributed by atoms with Crippen molar-refractivity contribution in [3.63, 3.8) is 0 Å². The van der Waals surface area contributed by atoms with E-state index in [-0.39, 0.29) is 0 Å². The fourth-order valence-corrected chi connectivity index (χ4v) is 2.12. The third-order valence-electron chi connectivity index (χ3n) is 3.15. The van der Waals surface area contributed by atoms with E-state index >= 15 is 0 Å². The first-order chi connectivity index (χ1) is 7.83. The van der Waals surface area contributed by atoms with E-state index in [1.54, 1.807) is 7.11 Å². The van der Waals surface area contributed by atoms with Crippen molar-refractivity contribution in [2.45, 2.75) is 32.3 Å². The quantitative estimate of drug-likeness (QED) is 0.775. The molecular formula is C11H19N3O2. The molecule has 5 nitrogen and oxygen atoms in total. The molecule has 0 aliphatic carbocycles. The van der Waals surface area contributed by atoms with Crippen molar-refractivity contribution in [1.82, 2.24) is 15.0 Å². The molecule has 0 N–H and O–H groups in total. The number of aromatic nitrogens is 2. The molecule has 1 fully saturated rings. The summed E-state index contributed by atoms with van der Waals surface area (Å²) >= 11 is 0. The first-order valence-electron chi connectivity index (χ1n) is 5.87. The van der Waals surface area contributed by atoms with E-state index in [4.69, 9.17) is 9.26 Å². The van der Waals surface area contributed by atoms with Gasteiger partial charge in [0.1, 0.15) is 6.61 Å². The summed E-state index contributed by atoms with van der Waals surface area (Å²) in [6.07, 6.45) is 2.25. The van der Waals surface area contributed by atoms with Gasteiger partial charge in [-0.05, 0) is 32.5 Å². The predicted octanol–water partition coefficient (Wildman–Crippen LogP) is 1.42. The highest BCUT2D eigenvalue weighted by Crippen LogP contribution is 2.25.